The van der Waals surface area contributed by atoms with Crippen molar-refractivity contribution in [3.05, 3.63) is 35.9 Å². The fourth-order valence-electron chi connectivity index (χ4n) is 5.43. The van der Waals surface area contributed by atoms with Crippen LogP contribution in [0.5, 0.6) is 0 Å². The number of carbonyl (C=O) groups is 2. The van der Waals surface area contributed by atoms with Gasteiger partial charge in [-0.2, -0.15) is 0 Å². The van der Waals surface area contributed by atoms with Gasteiger partial charge in [0.05, 0.1) is 26.2 Å². The molecule has 4 atom stereocenters. The van der Waals surface area contributed by atoms with E-state index < -0.39 is 0 Å². The van der Waals surface area contributed by atoms with Crippen molar-refractivity contribution in [2.75, 3.05) is 33.4 Å². The van der Waals surface area contributed by atoms with E-state index in [1.807, 2.05) is 23.1 Å². The average molecular weight is 416 g/mol. The smallest absolute Gasteiger partial charge is 0.311 e. The number of likely N-dealkylation sites (tertiary alicyclic amines) is 1. The second-order valence-corrected chi connectivity index (χ2v) is 8.76. The second-order valence-electron chi connectivity index (χ2n) is 8.76. The zero-order chi connectivity index (χ0) is 21.1. The van der Waals surface area contributed by atoms with Crippen LogP contribution in [0.1, 0.15) is 31.7 Å². The van der Waals surface area contributed by atoms with Crippen molar-refractivity contribution in [1.29, 1.82) is 0 Å². The summed E-state index contributed by atoms with van der Waals surface area (Å²) in [6, 6.07) is 10.9. The van der Waals surface area contributed by atoms with Crippen molar-refractivity contribution < 1.29 is 19.1 Å². The normalized spacial score (nSPS) is 29.9. The third kappa shape index (κ3) is 4.53. The van der Waals surface area contributed by atoms with Gasteiger partial charge >= 0.3 is 5.97 Å². The number of nitrogens with one attached hydrogen (secondary N) is 1. The highest BCUT2D eigenvalue weighted by molar-refractivity contribution is 5.74. The lowest BCUT2D eigenvalue weighted by Crippen LogP contribution is -2.66. The predicted molar refractivity (Wildman–Crippen MR) is 113 cm³/mol. The van der Waals surface area contributed by atoms with E-state index in [1.54, 1.807) is 6.92 Å². The number of methoxy groups -OCH3 is 1. The van der Waals surface area contributed by atoms with E-state index in [0.717, 1.165) is 37.9 Å². The molecule has 0 aromatic heterocycles. The minimum atomic E-state index is -0.212. The van der Waals surface area contributed by atoms with Crippen LogP contribution in [0.25, 0.3) is 0 Å². The van der Waals surface area contributed by atoms with Gasteiger partial charge in [0.2, 0.25) is 5.91 Å². The largest absolute Gasteiger partial charge is 0.469 e. The highest BCUT2D eigenvalue weighted by Gasteiger charge is 2.47. The molecule has 3 saturated heterocycles. The van der Waals surface area contributed by atoms with Gasteiger partial charge in [0.25, 0.3) is 0 Å². The van der Waals surface area contributed by atoms with Crippen LogP contribution in [0, 0.1) is 5.92 Å². The molecule has 1 amide bonds. The lowest BCUT2D eigenvalue weighted by Gasteiger charge is -2.50. The van der Waals surface area contributed by atoms with E-state index in [0.29, 0.717) is 25.8 Å². The van der Waals surface area contributed by atoms with Gasteiger partial charge in [-0.25, -0.2) is 0 Å². The average Bonchev–Trinajstić information content (AvgIpc) is 2.77. The fraction of sp³-hybridized carbons (Fsp3) is 0.652. The molecule has 4 unspecified atom stereocenters. The number of hydrogen-bond donors (Lipinski definition) is 1. The van der Waals surface area contributed by atoms with Crippen LogP contribution < -0.4 is 5.32 Å². The first kappa shape index (κ1) is 21.3. The highest BCUT2D eigenvalue weighted by Crippen LogP contribution is 2.32. The maximum Gasteiger partial charge on any atom is 0.311 e. The number of amides is 1. The van der Waals surface area contributed by atoms with E-state index in [1.165, 1.54) is 7.11 Å². The van der Waals surface area contributed by atoms with Gasteiger partial charge in [0.15, 0.2) is 0 Å². The number of carbonyl (C=O) groups excluding carboxylic acids is 2. The molecule has 1 aromatic rings. The molecule has 1 N–H and O–H groups in total. The van der Waals surface area contributed by atoms with Crippen molar-refractivity contribution in [2.45, 2.75) is 56.9 Å². The zero-order valence-electron chi connectivity index (χ0n) is 18.0. The number of ether oxygens (including phenoxy) is 2. The van der Waals surface area contributed by atoms with E-state index >= 15 is 0 Å². The summed E-state index contributed by atoms with van der Waals surface area (Å²) in [6.07, 6.45) is 2.74. The molecular formula is C23H33N3O4. The lowest BCUT2D eigenvalue weighted by atomic mass is 9.80. The third-order valence-electron chi connectivity index (χ3n) is 6.92. The van der Waals surface area contributed by atoms with Gasteiger partial charge in [-0.05, 0) is 24.8 Å². The van der Waals surface area contributed by atoms with Crippen molar-refractivity contribution in [2.24, 2.45) is 5.92 Å². The molecule has 0 spiro atoms. The maximum absolute atomic E-state index is 12.6. The molecule has 0 radical (unpaired) electrons. The number of morpholine rings is 1. The minimum absolute atomic E-state index is 0.0134. The molecule has 164 valence electrons. The Bertz CT molecular complexity index is 735. The Hall–Kier alpha value is -1.96. The van der Waals surface area contributed by atoms with Crippen LogP contribution >= 0.6 is 0 Å². The monoisotopic (exact) mass is 415 g/mol. The summed E-state index contributed by atoms with van der Waals surface area (Å²) in [5.41, 5.74) is 1.16. The molecule has 3 fully saturated rings. The first-order chi connectivity index (χ1) is 14.6. The van der Waals surface area contributed by atoms with Crippen molar-refractivity contribution >= 4 is 11.9 Å². The predicted octanol–water partition coefficient (Wildman–Crippen LogP) is 1.42. The Balaban J connectivity index is 1.42. The fourth-order valence-corrected chi connectivity index (χ4v) is 5.43. The molecule has 3 aliphatic rings. The third-order valence-corrected chi connectivity index (χ3v) is 6.92. The van der Waals surface area contributed by atoms with Gasteiger partial charge in [-0.1, -0.05) is 30.3 Å². The van der Waals surface area contributed by atoms with Crippen LogP contribution in [0.2, 0.25) is 0 Å². The Morgan fingerprint density at radius 1 is 1.20 bits per heavy atom. The van der Waals surface area contributed by atoms with Crippen LogP contribution in [0.3, 0.4) is 0 Å². The Morgan fingerprint density at radius 2 is 1.93 bits per heavy atom. The summed E-state index contributed by atoms with van der Waals surface area (Å²) in [4.78, 5) is 29.4. The van der Waals surface area contributed by atoms with Crippen LogP contribution in [0.4, 0.5) is 0 Å². The topological polar surface area (TPSA) is 71.1 Å². The van der Waals surface area contributed by atoms with Gasteiger partial charge in [-0.3, -0.25) is 14.5 Å². The standard InChI is InChI=1S/C23H33N3O4/c1-16(27)26(13-17-6-4-3-5-7-17)19-8-10-25(11-9-19)21-12-18-14-30-15-20(24-18)22(21)23(28)29-2/h3-7,18-22,24H,8-15H2,1-2H3. The molecule has 0 aliphatic carbocycles. The summed E-state index contributed by atoms with van der Waals surface area (Å²) in [6.45, 7) is 5.35. The molecule has 7 heteroatoms. The Kier molecular flexibility index (Phi) is 6.71. The molecule has 2 bridgehead atoms. The molecule has 4 rings (SSSR count). The van der Waals surface area contributed by atoms with Crippen molar-refractivity contribution in [1.82, 2.24) is 15.1 Å². The number of piperidine rings is 2. The van der Waals surface area contributed by atoms with E-state index in [2.05, 4.69) is 22.3 Å². The van der Waals surface area contributed by atoms with Gasteiger partial charge in [0, 0.05) is 50.7 Å². The number of benzene rings is 1. The summed E-state index contributed by atoms with van der Waals surface area (Å²) < 4.78 is 10.8. The molecular weight excluding hydrogens is 382 g/mol. The first-order valence-corrected chi connectivity index (χ1v) is 11.0. The van der Waals surface area contributed by atoms with Crippen molar-refractivity contribution in [3.63, 3.8) is 0 Å². The number of nitrogens with zero attached hydrogens (tertiary/aromatic N) is 2. The first-order valence-electron chi connectivity index (χ1n) is 11.0. The minimum Gasteiger partial charge on any atom is -0.469 e. The quantitative estimate of drug-likeness (QED) is 0.734. The van der Waals surface area contributed by atoms with Crippen LogP contribution in [-0.4, -0.2) is 79.3 Å². The molecule has 30 heavy (non-hydrogen) atoms. The Morgan fingerprint density at radius 3 is 2.60 bits per heavy atom. The Labute approximate surface area is 178 Å². The van der Waals surface area contributed by atoms with E-state index in [-0.39, 0.29) is 35.9 Å². The number of rotatable bonds is 5. The number of esters is 1. The van der Waals surface area contributed by atoms with Crippen LogP contribution in [0.15, 0.2) is 30.3 Å². The van der Waals surface area contributed by atoms with Crippen LogP contribution in [-0.2, 0) is 25.6 Å². The molecule has 3 heterocycles. The molecule has 0 saturated carbocycles. The van der Waals surface area contributed by atoms with E-state index in [9.17, 15) is 9.59 Å². The summed E-state index contributed by atoms with van der Waals surface area (Å²) >= 11 is 0. The lowest BCUT2D eigenvalue weighted by molar-refractivity contribution is -0.156. The summed E-state index contributed by atoms with van der Waals surface area (Å²) in [5, 5.41) is 3.55. The number of fused-ring (bicyclic) bond motifs is 2. The summed E-state index contributed by atoms with van der Waals surface area (Å²) in [7, 11) is 1.47. The second kappa shape index (κ2) is 9.45. The highest BCUT2D eigenvalue weighted by atomic mass is 16.5. The van der Waals surface area contributed by atoms with Gasteiger partial charge < -0.3 is 19.7 Å². The van der Waals surface area contributed by atoms with E-state index in [4.69, 9.17) is 9.47 Å². The number of hydrogen-bond acceptors (Lipinski definition) is 6. The SMILES string of the molecule is COC(=O)C1C2COCC(CC1N1CCC(N(Cc3ccccc3)C(C)=O)CC1)N2. The molecule has 3 aliphatic heterocycles. The maximum atomic E-state index is 12.6. The zero-order valence-corrected chi connectivity index (χ0v) is 18.0. The molecule has 1 aromatic carbocycles. The van der Waals surface area contributed by atoms with Gasteiger partial charge in [-0.15, -0.1) is 0 Å². The molecule has 7 nitrogen and oxygen atoms in total. The van der Waals surface area contributed by atoms with Gasteiger partial charge in [0.1, 0.15) is 0 Å². The van der Waals surface area contributed by atoms with Crippen molar-refractivity contribution in [3.8, 4) is 0 Å². The summed E-state index contributed by atoms with van der Waals surface area (Å²) in [5.74, 6) is -0.243.